The highest BCUT2D eigenvalue weighted by atomic mass is 16.3. The third-order valence-corrected chi connectivity index (χ3v) is 2.04. The van der Waals surface area contributed by atoms with Crippen LogP contribution in [0.4, 0.5) is 0 Å². The second kappa shape index (κ2) is 4.06. The van der Waals surface area contributed by atoms with Gasteiger partial charge in [0.2, 0.25) is 0 Å². The molecule has 1 fully saturated rings. The fourth-order valence-corrected chi connectivity index (χ4v) is 1.31. The number of piperazine rings is 1. The number of nitrogens with one attached hydrogen (secondary N) is 1. The minimum absolute atomic E-state index is 0.123. The summed E-state index contributed by atoms with van der Waals surface area (Å²) >= 11 is 0. The van der Waals surface area contributed by atoms with E-state index in [1.54, 1.807) is 6.82 Å². The van der Waals surface area contributed by atoms with Crippen LogP contribution in [0.15, 0.2) is 0 Å². The van der Waals surface area contributed by atoms with Gasteiger partial charge >= 0.3 is 7.05 Å². The van der Waals surface area contributed by atoms with Crippen LogP contribution in [0.5, 0.6) is 0 Å². The molecule has 4 nitrogen and oxygen atoms in total. The van der Waals surface area contributed by atoms with Crippen LogP contribution in [0.25, 0.3) is 0 Å². The highest BCUT2D eigenvalue weighted by Gasteiger charge is 2.23. The molecule has 1 rings (SSSR count). The molecular formula is C6H15BN2O2. The summed E-state index contributed by atoms with van der Waals surface area (Å²) in [5, 5.41) is 21.2. The van der Waals surface area contributed by atoms with Gasteiger partial charge in [0.15, 0.2) is 0 Å². The molecule has 1 aliphatic heterocycles. The molecule has 5 heteroatoms. The lowest BCUT2D eigenvalue weighted by Crippen LogP contribution is -2.56. The summed E-state index contributed by atoms with van der Waals surface area (Å²) in [5.41, 5.74) is 0. The van der Waals surface area contributed by atoms with Crippen molar-refractivity contribution in [3.05, 3.63) is 0 Å². The molecule has 0 saturated carbocycles. The highest BCUT2D eigenvalue weighted by Crippen LogP contribution is 1.99. The number of rotatable bonds is 2. The van der Waals surface area contributed by atoms with Crippen molar-refractivity contribution in [3.63, 3.8) is 0 Å². The Labute approximate surface area is 67.3 Å². The van der Waals surface area contributed by atoms with E-state index in [0.717, 1.165) is 19.6 Å². The molecule has 1 atom stereocenters. The average molecular weight is 158 g/mol. The Morgan fingerprint density at radius 1 is 1.73 bits per heavy atom. The zero-order valence-electron chi connectivity index (χ0n) is 6.82. The third kappa shape index (κ3) is 2.45. The number of nitrogens with zero attached hydrogens (tertiary/aromatic N) is 1. The van der Waals surface area contributed by atoms with Gasteiger partial charge in [-0.25, -0.2) is 0 Å². The summed E-state index contributed by atoms with van der Waals surface area (Å²) in [6, 6.07) is 0.123. The molecule has 0 aromatic heterocycles. The van der Waals surface area contributed by atoms with Crippen LogP contribution in [0.2, 0.25) is 6.82 Å². The van der Waals surface area contributed by atoms with Gasteiger partial charge in [-0.1, -0.05) is 0 Å². The molecule has 0 aliphatic carbocycles. The molecule has 0 spiro atoms. The minimum atomic E-state index is -0.397. The van der Waals surface area contributed by atoms with Crippen LogP contribution in [0.3, 0.4) is 0 Å². The first-order valence-electron chi connectivity index (χ1n) is 4.00. The Bertz CT molecular complexity index is 123. The molecule has 0 aromatic rings. The van der Waals surface area contributed by atoms with Crippen LogP contribution in [-0.2, 0) is 0 Å². The van der Waals surface area contributed by atoms with Gasteiger partial charge in [0.1, 0.15) is 0 Å². The van der Waals surface area contributed by atoms with Gasteiger partial charge < -0.3 is 20.3 Å². The molecule has 0 amide bonds. The summed E-state index contributed by atoms with van der Waals surface area (Å²) in [6.07, 6.45) is 0. The van der Waals surface area contributed by atoms with Crippen molar-refractivity contribution in [2.45, 2.75) is 12.9 Å². The fourth-order valence-electron chi connectivity index (χ4n) is 1.31. The Morgan fingerprint density at radius 2 is 2.45 bits per heavy atom. The molecule has 0 radical (unpaired) electrons. The van der Waals surface area contributed by atoms with E-state index in [-0.39, 0.29) is 12.6 Å². The van der Waals surface area contributed by atoms with Crippen LogP contribution in [0.1, 0.15) is 0 Å². The van der Waals surface area contributed by atoms with E-state index in [1.165, 1.54) is 0 Å². The summed E-state index contributed by atoms with van der Waals surface area (Å²) in [6.45, 7) is 4.32. The Kier molecular flexibility index (Phi) is 3.32. The van der Waals surface area contributed by atoms with Gasteiger partial charge in [-0.2, -0.15) is 0 Å². The maximum absolute atomic E-state index is 9.21. The van der Waals surface area contributed by atoms with Crippen molar-refractivity contribution in [1.29, 1.82) is 0 Å². The lowest BCUT2D eigenvalue weighted by Gasteiger charge is -2.33. The predicted octanol–water partition coefficient (Wildman–Crippen LogP) is -1.64. The van der Waals surface area contributed by atoms with Gasteiger partial charge in [-0.05, 0) is 6.82 Å². The molecule has 0 unspecified atom stereocenters. The molecule has 1 heterocycles. The summed E-state index contributed by atoms with van der Waals surface area (Å²) < 4.78 is 0. The standard InChI is InChI=1S/C6H15BN2O2/c1-7(11)9-3-2-8-6(4-9)5-10/h6,8,10-11H,2-5H2,1H3/t6-/m1/s1. The van der Waals surface area contributed by atoms with Gasteiger partial charge in [0, 0.05) is 25.7 Å². The van der Waals surface area contributed by atoms with E-state index in [9.17, 15) is 5.02 Å². The monoisotopic (exact) mass is 158 g/mol. The van der Waals surface area contributed by atoms with Gasteiger partial charge in [0.25, 0.3) is 0 Å². The Morgan fingerprint density at radius 3 is 3.00 bits per heavy atom. The lowest BCUT2D eigenvalue weighted by molar-refractivity contribution is 0.186. The topological polar surface area (TPSA) is 55.7 Å². The first kappa shape index (κ1) is 9.00. The normalized spacial score (nSPS) is 27.0. The number of aliphatic hydroxyl groups is 1. The number of hydrogen-bond acceptors (Lipinski definition) is 4. The van der Waals surface area contributed by atoms with E-state index in [1.807, 2.05) is 4.81 Å². The Hall–Kier alpha value is -0.0951. The van der Waals surface area contributed by atoms with Crippen molar-refractivity contribution in [2.24, 2.45) is 0 Å². The van der Waals surface area contributed by atoms with Crippen molar-refractivity contribution in [3.8, 4) is 0 Å². The summed E-state index contributed by atoms with van der Waals surface area (Å²) in [7, 11) is -0.397. The molecule has 0 bridgehead atoms. The van der Waals surface area contributed by atoms with E-state index in [0.29, 0.717) is 0 Å². The van der Waals surface area contributed by atoms with E-state index in [2.05, 4.69) is 5.32 Å². The Balaban J connectivity index is 2.33. The maximum Gasteiger partial charge on any atom is 0.376 e. The fraction of sp³-hybridized carbons (Fsp3) is 1.00. The maximum atomic E-state index is 9.21. The van der Waals surface area contributed by atoms with E-state index >= 15 is 0 Å². The molecule has 0 aromatic carbocycles. The molecule has 3 N–H and O–H groups in total. The van der Waals surface area contributed by atoms with Crippen LogP contribution in [-0.4, -0.2) is 54.3 Å². The zero-order valence-corrected chi connectivity index (χ0v) is 6.82. The summed E-state index contributed by atoms with van der Waals surface area (Å²) in [4.78, 5) is 1.94. The minimum Gasteiger partial charge on any atom is -0.437 e. The van der Waals surface area contributed by atoms with E-state index in [4.69, 9.17) is 5.11 Å². The van der Waals surface area contributed by atoms with Crippen molar-refractivity contribution in [2.75, 3.05) is 26.2 Å². The lowest BCUT2D eigenvalue weighted by atomic mass is 9.84. The largest absolute Gasteiger partial charge is 0.437 e. The van der Waals surface area contributed by atoms with E-state index < -0.39 is 7.05 Å². The SMILES string of the molecule is CB(O)N1CCN[C@@H](CO)C1. The average Bonchev–Trinajstić information content (AvgIpc) is 2.05. The van der Waals surface area contributed by atoms with Gasteiger partial charge in [0.05, 0.1) is 6.61 Å². The van der Waals surface area contributed by atoms with Crippen LogP contribution >= 0.6 is 0 Å². The quantitative estimate of drug-likeness (QED) is 0.422. The van der Waals surface area contributed by atoms with Crippen LogP contribution in [0, 0.1) is 0 Å². The second-order valence-corrected chi connectivity index (χ2v) is 2.96. The van der Waals surface area contributed by atoms with Gasteiger partial charge in [-0.15, -0.1) is 0 Å². The van der Waals surface area contributed by atoms with Gasteiger partial charge in [-0.3, -0.25) is 0 Å². The van der Waals surface area contributed by atoms with Crippen molar-refractivity contribution >= 4 is 7.05 Å². The van der Waals surface area contributed by atoms with Crippen molar-refractivity contribution < 1.29 is 10.1 Å². The number of hydrogen-bond donors (Lipinski definition) is 3. The first-order chi connectivity index (χ1) is 5.24. The summed E-state index contributed by atoms with van der Waals surface area (Å²) in [5.74, 6) is 0. The van der Waals surface area contributed by atoms with Crippen LogP contribution < -0.4 is 5.32 Å². The molecule has 1 aliphatic rings. The highest BCUT2D eigenvalue weighted by molar-refractivity contribution is 6.45. The predicted molar refractivity (Wildman–Crippen MR) is 44.3 cm³/mol. The van der Waals surface area contributed by atoms with Crippen molar-refractivity contribution in [1.82, 2.24) is 10.1 Å². The zero-order chi connectivity index (χ0) is 8.27. The second-order valence-electron chi connectivity index (χ2n) is 2.96. The first-order valence-corrected chi connectivity index (χ1v) is 4.00. The molecule has 64 valence electrons. The molecule has 11 heavy (non-hydrogen) atoms. The smallest absolute Gasteiger partial charge is 0.376 e. The third-order valence-electron chi connectivity index (χ3n) is 2.04. The number of aliphatic hydroxyl groups excluding tert-OH is 1. The molecular weight excluding hydrogens is 143 g/mol. The molecule has 1 saturated heterocycles.